The number of aromatic nitrogens is 1. The predicted molar refractivity (Wildman–Crippen MR) is 119 cm³/mol. The van der Waals surface area contributed by atoms with Crippen LogP contribution in [0.5, 0.6) is 0 Å². The van der Waals surface area contributed by atoms with Crippen LogP contribution < -0.4 is 5.56 Å². The van der Waals surface area contributed by atoms with Crippen molar-refractivity contribution in [2.24, 2.45) is 5.41 Å². The van der Waals surface area contributed by atoms with Gasteiger partial charge in [0.2, 0.25) is 0 Å². The number of pyridine rings is 1. The maximum atomic E-state index is 13.4. The SMILES string of the molecule is CCOC(=O)C(CC(C)(C)C)n1c(-c2ccc(C)cc2)c(C)c(C(=O)O)c([N+](=O)[O-])c1=O. The highest BCUT2D eigenvalue weighted by atomic mass is 16.6. The molecule has 172 valence electrons. The lowest BCUT2D eigenvalue weighted by molar-refractivity contribution is -0.386. The number of carbonyl (C=O) groups excluding carboxylic acids is 1. The van der Waals surface area contributed by atoms with E-state index in [1.54, 1.807) is 31.2 Å². The second-order valence-electron chi connectivity index (χ2n) is 8.83. The molecule has 2 rings (SSSR count). The third-order valence-corrected chi connectivity index (χ3v) is 5.03. The van der Waals surface area contributed by atoms with E-state index in [0.717, 1.165) is 10.1 Å². The number of hydrogen-bond acceptors (Lipinski definition) is 6. The van der Waals surface area contributed by atoms with Gasteiger partial charge < -0.3 is 9.84 Å². The lowest BCUT2D eigenvalue weighted by Gasteiger charge is -2.29. The van der Waals surface area contributed by atoms with Crippen LogP contribution in [0, 0.1) is 29.4 Å². The van der Waals surface area contributed by atoms with Gasteiger partial charge in [-0.05, 0) is 43.7 Å². The topological polar surface area (TPSA) is 129 Å². The van der Waals surface area contributed by atoms with Gasteiger partial charge in [-0.1, -0.05) is 50.6 Å². The van der Waals surface area contributed by atoms with Gasteiger partial charge in [0.15, 0.2) is 0 Å². The van der Waals surface area contributed by atoms with Crippen molar-refractivity contribution in [3.63, 3.8) is 0 Å². The van der Waals surface area contributed by atoms with Crippen LogP contribution in [0.4, 0.5) is 5.69 Å². The van der Waals surface area contributed by atoms with Gasteiger partial charge in [-0.2, -0.15) is 0 Å². The van der Waals surface area contributed by atoms with Crippen molar-refractivity contribution < 1.29 is 24.4 Å². The number of aromatic carboxylic acids is 1. The molecule has 0 spiro atoms. The predicted octanol–water partition coefficient (Wildman–Crippen LogP) is 4.28. The number of nitro groups is 1. The molecule has 1 aromatic heterocycles. The monoisotopic (exact) mass is 444 g/mol. The molecule has 0 aliphatic heterocycles. The number of benzene rings is 1. The number of carbonyl (C=O) groups is 2. The van der Waals surface area contributed by atoms with Crippen LogP contribution in [0.3, 0.4) is 0 Å². The van der Waals surface area contributed by atoms with E-state index in [-0.39, 0.29) is 24.3 Å². The summed E-state index contributed by atoms with van der Waals surface area (Å²) in [5.74, 6) is -2.30. The molecule has 32 heavy (non-hydrogen) atoms. The van der Waals surface area contributed by atoms with Crippen LogP contribution in [0.25, 0.3) is 11.3 Å². The quantitative estimate of drug-likeness (QED) is 0.383. The number of esters is 1. The standard InChI is InChI=1S/C23H28N2O7/c1-7-32-22(29)16(12-23(4,5)6)24-18(15-10-8-13(2)9-11-15)14(3)17(21(27)28)19(20(24)26)25(30)31/h8-11,16H,7,12H2,1-6H3,(H,27,28). The molecule has 2 aromatic rings. The summed E-state index contributed by atoms with van der Waals surface area (Å²) in [6.45, 7) is 10.5. The Morgan fingerprint density at radius 3 is 2.19 bits per heavy atom. The summed E-state index contributed by atoms with van der Waals surface area (Å²) in [5, 5.41) is 21.5. The van der Waals surface area contributed by atoms with E-state index in [9.17, 15) is 29.6 Å². The Balaban J connectivity index is 3.08. The molecule has 0 fully saturated rings. The van der Waals surface area contributed by atoms with E-state index < -0.39 is 45.1 Å². The van der Waals surface area contributed by atoms with Gasteiger partial charge >= 0.3 is 23.2 Å². The Morgan fingerprint density at radius 2 is 1.75 bits per heavy atom. The van der Waals surface area contributed by atoms with E-state index in [0.29, 0.717) is 5.56 Å². The molecule has 0 radical (unpaired) electrons. The van der Waals surface area contributed by atoms with Gasteiger partial charge in [-0.3, -0.25) is 19.5 Å². The molecular formula is C23H28N2O7. The molecule has 0 saturated carbocycles. The molecule has 9 nitrogen and oxygen atoms in total. The first-order valence-corrected chi connectivity index (χ1v) is 10.2. The summed E-state index contributed by atoms with van der Waals surface area (Å²) in [6, 6.07) is 5.73. The van der Waals surface area contributed by atoms with Gasteiger partial charge in [0.1, 0.15) is 11.6 Å². The summed E-state index contributed by atoms with van der Waals surface area (Å²) < 4.78 is 6.24. The maximum absolute atomic E-state index is 13.4. The lowest BCUT2D eigenvalue weighted by atomic mass is 9.87. The van der Waals surface area contributed by atoms with Crippen LogP contribution in [0.2, 0.25) is 0 Å². The summed E-state index contributed by atoms with van der Waals surface area (Å²) in [4.78, 5) is 49.1. The zero-order valence-electron chi connectivity index (χ0n) is 19.1. The van der Waals surface area contributed by atoms with E-state index in [4.69, 9.17) is 4.74 Å². The number of nitrogens with zero attached hydrogens (tertiary/aromatic N) is 2. The molecule has 0 aliphatic carbocycles. The fourth-order valence-corrected chi connectivity index (χ4v) is 3.69. The number of rotatable bonds is 7. The average Bonchev–Trinajstić information content (AvgIpc) is 2.67. The van der Waals surface area contributed by atoms with Crippen molar-refractivity contribution in [2.75, 3.05) is 6.61 Å². The molecule has 9 heteroatoms. The summed E-state index contributed by atoms with van der Waals surface area (Å²) in [5.41, 5.74) is -1.82. The molecule has 1 aromatic carbocycles. The van der Waals surface area contributed by atoms with Crippen LogP contribution in [0.1, 0.15) is 61.6 Å². The third-order valence-electron chi connectivity index (χ3n) is 5.03. The van der Waals surface area contributed by atoms with Crippen molar-refractivity contribution in [1.82, 2.24) is 4.57 Å². The fraction of sp³-hybridized carbons (Fsp3) is 0.435. The van der Waals surface area contributed by atoms with Crippen molar-refractivity contribution in [3.8, 4) is 11.3 Å². The first-order valence-electron chi connectivity index (χ1n) is 10.2. The second kappa shape index (κ2) is 9.33. The average molecular weight is 444 g/mol. The van der Waals surface area contributed by atoms with Gasteiger partial charge in [-0.15, -0.1) is 0 Å². The molecule has 1 heterocycles. The van der Waals surface area contributed by atoms with Crippen molar-refractivity contribution >= 4 is 17.6 Å². The Morgan fingerprint density at radius 1 is 1.19 bits per heavy atom. The van der Waals surface area contributed by atoms with Crippen molar-refractivity contribution in [2.45, 2.75) is 54.0 Å². The van der Waals surface area contributed by atoms with Crippen molar-refractivity contribution in [3.05, 3.63) is 61.4 Å². The smallest absolute Gasteiger partial charge is 0.348 e. The first kappa shape index (κ1) is 24.8. The van der Waals surface area contributed by atoms with E-state index in [2.05, 4.69) is 0 Å². The van der Waals surface area contributed by atoms with E-state index >= 15 is 0 Å². The number of carboxylic acid groups (broad SMARTS) is 1. The highest BCUT2D eigenvalue weighted by Crippen LogP contribution is 2.35. The van der Waals surface area contributed by atoms with Crippen LogP contribution in [-0.4, -0.2) is 33.1 Å². The Hall–Kier alpha value is -3.49. The Labute approximate surface area is 185 Å². The lowest BCUT2D eigenvalue weighted by Crippen LogP contribution is -2.37. The minimum atomic E-state index is -1.59. The van der Waals surface area contributed by atoms with Crippen LogP contribution >= 0.6 is 0 Å². The van der Waals surface area contributed by atoms with Gasteiger partial charge in [-0.25, -0.2) is 9.59 Å². The van der Waals surface area contributed by atoms with Gasteiger partial charge in [0, 0.05) is 0 Å². The zero-order chi connectivity index (χ0) is 24.4. The number of hydrogen-bond donors (Lipinski definition) is 1. The normalized spacial score (nSPS) is 12.3. The summed E-state index contributed by atoms with van der Waals surface area (Å²) in [6.07, 6.45) is 0.146. The molecule has 0 aliphatic rings. The maximum Gasteiger partial charge on any atom is 0.348 e. The highest BCUT2D eigenvalue weighted by Gasteiger charge is 2.38. The largest absolute Gasteiger partial charge is 0.477 e. The van der Waals surface area contributed by atoms with Gasteiger partial charge in [0.25, 0.3) is 0 Å². The number of aryl methyl sites for hydroxylation is 1. The molecule has 0 bridgehead atoms. The summed E-state index contributed by atoms with van der Waals surface area (Å²) >= 11 is 0. The highest BCUT2D eigenvalue weighted by molar-refractivity contribution is 5.96. The van der Waals surface area contributed by atoms with Crippen molar-refractivity contribution in [1.29, 1.82) is 0 Å². The third kappa shape index (κ3) is 5.04. The molecule has 0 saturated heterocycles. The first-order chi connectivity index (χ1) is 14.8. The molecular weight excluding hydrogens is 416 g/mol. The van der Waals surface area contributed by atoms with Gasteiger partial charge in [0.05, 0.1) is 17.2 Å². The minimum Gasteiger partial charge on any atom is -0.477 e. The molecule has 0 amide bonds. The fourth-order valence-electron chi connectivity index (χ4n) is 3.69. The zero-order valence-corrected chi connectivity index (χ0v) is 19.1. The Bertz CT molecular complexity index is 1110. The minimum absolute atomic E-state index is 0.0239. The van der Waals surface area contributed by atoms with E-state index in [1.807, 2.05) is 27.7 Å². The molecule has 1 unspecified atom stereocenters. The second-order valence-corrected chi connectivity index (χ2v) is 8.83. The number of carboxylic acids is 1. The van der Waals surface area contributed by atoms with Crippen LogP contribution in [-0.2, 0) is 9.53 Å². The molecule has 1 atom stereocenters. The number of ether oxygens (including phenoxy) is 1. The van der Waals surface area contributed by atoms with Crippen LogP contribution in [0.15, 0.2) is 29.1 Å². The molecule has 1 N–H and O–H groups in total. The Kier molecular flexibility index (Phi) is 7.23. The summed E-state index contributed by atoms with van der Waals surface area (Å²) in [7, 11) is 0. The van der Waals surface area contributed by atoms with E-state index in [1.165, 1.54) is 6.92 Å².